The van der Waals surface area contributed by atoms with Gasteiger partial charge < -0.3 is 10.3 Å². The fourth-order valence-electron chi connectivity index (χ4n) is 3.97. The van der Waals surface area contributed by atoms with E-state index in [9.17, 15) is 14.0 Å². The molecule has 0 radical (unpaired) electrons. The molecule has 4 rings (SSSR count). The molecule has 1 aliphatic heterocycles. The highest BCUT2D eigenvalue weighted by atomic mass is 19.1. The first-order valence-electron chi connectivity index (χ1n) is 10.8. The summed E-state index contributed by atoms with van der Waals surface area (Å²) in [4.78, 5) is 36.3. The largest absolute Gasteiger partial charge is 0.354 e. The second-order valence-electron chi connectivity index (χ2n) is 7.98. The molecule has 174 valence electrons. The molecule has 0 saturated carbocycles. The van der Waals surface area contributed by atoms with Gasteiger partial charge in [0.2, 0.25) is 5.95 Å². The Balaban J connectivity index is 1.59. The van der Waals surface area contributed by atoms with Gasteiger partial charge in [-0.2, -0.15) is 4.39 Å². The Bertz CT molecular complexity index is 1450. The predicted molar refractivity (Wildman–Crippen MR) is 125 cm³/mol. The maximum atomic E-state index is 15.3. The molecule has 3 aromatic rings. The normalized spacial score (nSPS) is 13.9. The molecule has 7 nitrogen and oxygen atoms in total. The molecule has 1 aliphatic rings. The molecular formula is C25H23F2N5O2. The average Bonchev–Trinajstić information content (AvgIpc) is 2.83. The number of nitrogens with one attached hydrogen (secondary N) is 2. The first-order chi connectivity index (χ1) is 16.3. The standard InChI is InChI=1S/C25H23F2N5O2/c1-4-5-16-12-17(20(26)22-21(16)29-14(2)24(33)31-22)13-32-10-8-15(9-11-32)18-6-7-19(25(34)28-3)30-23(18)27/h6-8,12H,9-11,13H2,1-3H3,(H,28,34)(H,31,33). The summed E-state index contributed by atoms with van der Waals surface area (Å²) in [6, 6.07) is 4.71. The molecular weight excluding hydrogens is 440 g/mol. The third kappa shape index (κ3) is 4.45. The molecule has 3 heterocycles. The monoisotopic (exact) mass is 463 g/mol. The van der Waals surface area contributed by atoms with Crippen molar-refractivity contribution in [1.29, 1.82) is 0 Å². The summed E-state index contributed by atoms with van der Waals surface area (Å²) < 4.78 is 29.8. The van der Waals surface area contributed by atoms with E-state index in [4.69, 9.17) is 0 Å². The highest BCUT2D eigenvalue weighted by molar-refractivity contribution is 5.92. The number of hydrogen-bond acceptors (Lipinski definition) is 5. The molecule has 0 saturated heterocycles. The van der Waals surface area contributed by atoms with Crippen LogP contribution in [0.4, 0.5) is 8.78 Å². The lowest BCUT2D eigenvalue weighted by Crippen LogP contribution is -2.29. The number of benzene rings is 1. The third-order valence-electron chi connectivity index (χ3n) is 5.76. The van der Waals surface area contributed by atoms with E-state index < -0.39 is 23.2 Å². The van der Waals surface area contributed by atoms with Crippen LogP contribution in [0.15, 0.2) is 29.1 Å². The van der Waals surface area contributed by atoms with Crippen molar-refractivity contribution in [3.05, 3.63) is 74.5 Å². The van der Waals surface area contributed by atoms with Crippen molar-refractivity contribution >= 4 is 22.5 Å². The van der Waals surface area contributed by atoms with Crippen LogP contribution in [-0.4, -0.2) is 45.9 Å². The van der Waals surface area contributed by atoms with Crippen molar-refractivity contribution in [3.63, 3.8) is 0 Å². The Morgan fingerprint density at radius 3 is 2.74 bits per heavy atom. The summed E-state index contributed by atoms with van der Waals surface area (Å²) in [6.07, 6.45) is 2.41. The first-order valence-corrected chi connectivity index (χ1v) is 10.8. The minimum absolute atomic E-state index is 0.0160. The lowest BCUT2D eigenvalue weighted by atomic mass is 9.99. The van der Waals surface area contributed by atoms with Gasteiger partial charge in [-0.15, -0.1) is 5.92 Å². The molecule has 2 N–H and O–H groups in total. The third-order valence-corrected chi connectivity index (χ3v) is 5.76. The SMILES string of the molecule is CC#Cc1cc(CN2CC=C(c3ccc(C(=O)NC)nc3F)CC2)c(F)c2[nH]c(=O)c(C)nc12. The minimum atomic E-state index is -0.698. The number of carbonyl (C=O) groups is 1. The van der Waals surface area contributed by atoms with Crippen LogP contribution in [0.25, 0.3) is 16.6 Å². The maximum absolute atomic E-state index is 15.3. The van der Waals surface area contributed by atoms with Crippen LogP contribution >= 0.6 is 0 Å². The molecule has 0 unspecified atom stereocenters. The van der Waals surface area contributed by atoms with E-state index in [-0.39, 0.29) is 23.4 Å². The molecule has 9 heteroatoms. The number of nitrogens with zero attached hydrogens (tertiary/aromatic N) is 3. The summed E-state index contributed by atoms with van der Waals surface area (Å²) in [5.74, 6) is 4.07. The summed E-state index contributed by atoms with van der Waals surface area (Å²) in [6.45, 7) is 4.57. The molecule has 1 amide bonds. The van der Waals surface area contributed by atoms with E-state index in [1.165, 1.54) is 13.1 Å². The van der Waals surface area contributed by atoms with Crippen molar-refractivity contribution in [3.8, 4) is 11.8 Å². The second-order valence-corrected chi connectivity index (χ2v) is 7.98. The van der Waals surface area contributed by atoms with Gasteiger partial charge >= 0.3 is 0 Å². The number of pyridine rings is 1. The van der Waals surface area contributed by atoms with Gasteiger partial charge in [0, 0.05) is 37.8 Å². The molecule has 34 heavy (non-hydrogen) atoms. The van der Waals surface area contributed by atoms with Gasteiger partial charge in [0.25, 0.3) is 11.5 Å². The van der Waals surface area contributed by atoms with Gasteiger partial charge in [-0.25, -0.2) is 14.4 Å². The molecule has 1 aromatic carbocycles. The van der Waals surface area contributed by atoms with Crippen LogP contribution in [-0.2, 0) is 6.54 Å². The van der Waals surface area contributed by atoms with Gasteiger partial charge in [0.05, 0.1) is 5.56 Å². The van der Waals surface area contributed by atoms with Crippen molar-refractivity contribution in [2.24, 2.45) is 0 Å². The number of fused-ring (bicyclic) bond motifs is 1. The fraction of sp³-hybridized carbons (Fsp3) is 0.280. The predicted octanol–water partition coefficient (Wildman–Crippen LogP) is 2.93. The van der Waals surface area contributed by atoms with Gasteiger partial charge in [0.15, 0.2) is 5.82 Å². The zero-order valence-corrected chi connectivity index (χ0v) is 19.1. The summed E-state index contributed by atoms with van der Waals surface area (Å²) in [5.41, 5.74) is 2.27. The van der Waals surface area contributed by atoms with E-state index in [0.29, 0.717) is 41.7 Å². The van der Waals surface area contributed by atoms with Gasteiger partial charge in [0.1, 0.15) is 22.4 Å². The first kappa shape index (κ1) is 23.3. The van der Waals surface area contributed by atoms with Crippen LogP contribution in [0, 0.1) is 30.5 Å². The Hall–Kier alpha value is -3.90. The lowest BCUT2D eigenvalue weighted by Gasteiger charge is -2.27. The van der Waals surface area contributed by atoms with E-state index in [1.807, 2.05) is 11.0 Å². The van der Waals surface area contributed by atoms with Crippen LogP contribution in [0.1, 0.15) is 46.2 Å². The molecule has 0 aliphatic carbocycles. The van der Waals surface area contributed by atoms with Crippen LogP contribution in [0.5, 0.6) is 0 Å². The van der Waals surface area contributed by atoms with Crippen molar-refractivity contribution < 1.29 is 13.6 Å². The van der Waals surface area contributed by atoms with Crippen LogP contribution in [0.2, 0.25) is 0 Å². The molecule has 0 bridgehead atoms. The van der Waals surface area contributed by atoms with Crippen LogP contribution in [0.3, 0.4) is 0 Å². The number of amides is 1. The minimum Gasteiger partial charge on any atom is -0.354 e. The zero-order chi connectivity index (χ0) is 24.4. The van der Waals surface area contributed by atoms with Crippen molar-refractivity contribution in [2.75, 3.05) is 20.1 Å². The Morgan fingerprint density at radius 1 is 1.29 bits per heavy atom. The quantitative estimate of drug-likeness (QED) is 0.459. The Labute approximate surface area is 194 Å². The highest BCUT2D eigenvalue weighted by Gasteiger charge is 2.21. The van der Waals surface area contributed by atoms with Crippen LogP contribution < -0.4 is 10.9 Å². The van der Waals surface area contributed by atoms with E-state index >= 15 is 4.39 Å². The number of hydrogen-bond donors (Lipinski definition) is 2. The Morgan fingerprint density at radius 2 is 2.09 bits per heavy atom. The summed E-state index contributed by atoms with van der Waals surface area (Å²) in [7, 11) is 1.46. The number of aryl methyl sites for hydroxylation is 1. The highest BCUT2D eigenvalue weighted by Crippen LogP contribution is 2.27. The summed E-state index contributed by atoms with van der Waals surface area (Å²) in [5, 5.41) is 2.42. The smallest absolute Gasteiger partial charge is 0.269 e. The molecule has 0 spiro atoms. The van der Waals surface area contributed by atoms with E-state index in [0.717, 1.165) is 5.57 Å². The fourth-order valence-corrected chi connectivity index (χ4v) is 3.97. The lowest BCUT2D eigenvalue weighted by molar-refractivity contribution is 0.0957. The van der Waals surface area contributed by atoms with Gasteiger partial charge in [-0.3, -0.25) is 14.5 Å². The summed E-state index contributed by atoms with van der Waals surface area (Å²) >= 11 is 0. The number of carbonyl (C=O) groups excluding carboxylic acids is 1. The molecule has 0 atom stereocenters. The average molecular weight is 463 g/mol. The maximum Gasteiger partial charge on any atom is 0.269 e. The number of aromatic amines is 1. The number of halogens is 2. The number of aromatic nitrogens is 3. The van der Waals surface area contributed by atoms with Gasteiger partial charge in [-0.05, 0) is 44.0 Å². The molecule has 2 aromatic heterocycles. The Kier molecular flexibility index (Phi) is 6.52. The number of H-pyrrole nitrogens is 1. The zero-order valence-electron chi connectivity index (χ0n) is 19.1. The van der Waals surface area contributed by atoms with E-state index in [1.54, 1.807) is 26.0 Å². The van der Waals surface area contributed by atoms with Gasteiger partial charge in [-0.1, -0.05) is 12.0 Å². The topological polar surface area (TPSA) is 91.0 Å². The molecule has 0 fully saturated rings. The van der Waals surface area contributed by atoms with Crippen molar-refractivity contribution in [1.82, 2.24) is 25.2 Å². The number of rotatable bonds is 4. The van der Waals surface area contributed by atoms with E-state index in [2.05, 4.69) is 32.1 Å². The van der Waals surface area contributed by atoms with Crippen molar-refractivity contribution in [2.45, 2.75) is 26.8 Å². The second kappa shape index (κ2) is 9.53.